The van der Waals surface area contributed by atoms with Crippen LogP contribution in [0.3, 0.4) is 0 Å². The average molecular weight is 314 g/mol. The molecule has 1 N–H and O–H groups in total. The number of carboxylic acid groups (broad SMARTS) is 1. The second-order valence-corrected chi connectivity index (χ2v) is 5.12. The Bertz CT molecular complexity index is 354. The van der Waals surface area contributed by atoms with Crippen LogP contribution < -0.4 is 0 Å². The molecule has 0 fully saturated rings. The smallest absolute Gasteiger partial charge is 0.411 e. The highest BCUT2D eigenvalue weighted by Crippen LogP contribution is 2.33. The fourth-order valence-electron chi connectivity index (χ4n) is 1.97. The summed E-state index contributed by atoms with van der Waals surface area (Å²) in [4.78, 5) is 23.4. The predicted octanol–water partition coefficient (Wildman–Crippen LogP) is 2.64. The lowest BCUT2D eigenvalue weighted by atomic mass is 9.77. The van der Waals surface area contributed by atoms with Gasteiger partial charge in [-0.3, -0.25) is 9.59 Å². The highest BCUT2D eigenvalue weighted by Gasteiger charge is 2.47. The number of rotatable bonds is 9. The summed E-state index contributed by atoms with van der Waals surface area (Å²) in [5, 5.41) is 9.35. The van der Waals surface area contributed by atoms with Crippen LogP contribution >= 0.6 is 0 Å². The molecule has 0 aliphatic carbocycles. The Morgan fingerprint density at radius 2 is 1.81 bits per heavy atom. The van der Waals surface area contributed by atoms with Crippen LogP contribution in [0.5, 0.6) is 0 Å². The van der Waals surface area contributed by atoms with E-state index in [0.717, 1.165) is 0 Å². The molecule has 0 aliphatic heterocycles. The van der Waals surface area contributed by atoms with Gasteiger partial charge < -0.3 is 14.6 Å². The lowest BCUT2D eigenvalue weighted by Crippen LogP contribution is -2.43. The second kappa shape index (κ2) is 8.21. The van der Waals surface area contributed by atoms with E-state index in [0.29, 0.717) is 0 Å². The summed E-state index contributed by atoms with van der Waals surface area (Å²) in [6.45, 7) is 2.99. The molecular formula is C13H21F3O5. The maximum absolute atomic E-state index is 12.0. The Balaban J connectivity index is 4.93. The van der Waals surface area contributed by atoms with E-state index in [9.17, 15) is 27.9 Å². The minimum absolute atomic E-state index is 0.00460. The Morgan fingerprint density at radius 1 is 1.24 bits per heavy atom. The first-order valence-corrected chi connectivity index (χ1v) is 6.60. The number of esters is 1. The fraction of sp³-hybridized carbons (Fsp3) is 0.846. The predicted molar refractivity (Wildman–Crippen MR) is 67.6 cm³/mol. The van der Waals surface area contributed by atoms with Crippen molar-refractivity contribution in [3.63, 3.8) is 0 Å². The Morgan fingerprint density at radius 3 is 2.19 bits per heavy atom. The van der Waals surface area contributed by atoms with E-state index in [2.05, 4.69) is 4.74 Å². The van der Waals surface area contributed by atoms with E-state index in [1.807, 2.05) is 0 Å². The molecule has 0 saturated heterocycles. The third kappa shape index (κ3) is 6.79. The molecule has 0 spiro atoms. The van der Waals surface area contributed by atoms with Crippen molar-refractivity contribution in [1.82, 2.24) is 0 Å². The van der Waals surface area contributed by atoms with Gasteiger partial charge in [-0.25, -0.2) is 0 Å². The molecule has 0 rings (SSSR count). The van der Waals surface area contributed by atoms with Crippen LogP contribution in [-0.2, 0) is 19.1 Å². The molecule has 0 saturated carbocycles. The highest BCUT2D eigenvalue weighted by molar-refractivity contribution is 5.99. The molecule has 21 heavy (non-hydrogen) atoms. The van der Waals surface area contributed by atoms with Crippen LogP contribution in [0.1, 0.15) is 33.6 Å². The summed E-state index contributed by atoms with van der Waals surface area (Å²) in [7, 11) is 0. The Hall–Kier alpha value is -1.31. The summed E-state index contributed by atoms with van der Waals surface area (Å²) in [5.41, 5.74) is -1.88. The van der Waals surface area contributed by atoms with Crippen molar-refractivity contribution in [1.29, 1.82) is 0 Å². The van der Waals surface area contributed by atoms with E-state index < -0.39 is 36.7 Å². The van der Waals surface area contributed by atoms with E-state index in [4.69, 9.17) is 4.74 Å². The molecule has 1 unspecified atom stereocenters. The molecule has 0 bridgehead atoms. The zero-order valence-corrected chi connectivity index (χ0v) is 12.3. The number of carboxylic acids is 1. The van der Waals surface area contributed by atoms with Crippen molar-refractivity contribution >= 4 is 11.9 Å². The van der Waals surface area contributed by atoms with Gasteiger partial charge >= 0.3 is 18.1 Å². The second-order valence-electron chi connectivity index (χ2n) is 5.12. The largest absolute Gasteiger partial charge is 0.480 e. The maximum atomic E-state index is 12.0. The number of ether oxygens (including phenoxy) is 2. The summed E-state index contributed by atoms with van der Waals surface area (Å²) in [5.74, 6) is -2.50. The topological polar surface area (TPSA) is 72.8 Å². The van der Waals surface area contributed by atoms with Gasteiger partial charge in [-0.2, -0.15) is 13.2 Å². The van der Waals surface area contributed by atoms with Gasteiger partial charge in [0.1, 0.15) is 6.61 Å². The summed E-state index contributed by atoms with van der Waals surface area (Å²) < 4.78 is 45.2. The third-order valence-corrected chi connectivity index (χ3v) is 2.77. The molecule has 0 radical (unpaired) electrons. The van der Waals surface area contributed by atoms with Gasteiger partial charge in [0.25, 0.3) is 0 Å². The number of carbonyl (C=O) groups excluding carboxylic acids is 1. The minimum Gasteiger partial charge on any atom is -0.480 e. The average Bonchev–Trinajstić information content (AvgIpc) is 2.31. The summed E-state index contributed by atoms with van der Waals surface area (Å²) in [6, 6.07) is 0. The number of halogens is 3. The number of carbonyl (C=O) groups is 2. The van der Waals surface area contributed by atoms with Crippen molar-refractivity contribution in [3.8, 4) is 0 Å². The third-order valence-electron chi connectivity index (χ3n) is 2.77. The number of aliphatic carboxylic acids is 1. The first kappa shape index (κ1) is 19.7. The monoisotopic (exact) mass is 314 g/mol. The quantitative estimate of drug-likeness (QED) is 0.402. The molecule has 0 amide bonds. The molecule has 1 atom stereocenters. The zero-order valence-electron chi connectivity index (χ0n) is 12.3. The lowest BCUT2D eigenvalue weighted by molar-refractivity contribution is -0.181. The van der Waals surface area contributed by atoms with Crippen molar-refractivity contribution in [3.05, 3.63) is 0 Å². The van der Waals surface area contributed by atoms with Crippen molar-refractivity contribution in [2.75, 3.05) is 19.8 Å². The molecule has 124 valence electrons. The highest BCUT2D eigenvalue weighted by atomic mass is 19.4. The van der Waals surface area contributed by atoms with Gasteiger partial charge in [-0.05, 0) is 25.7 Å². The van der Waals surface area contributed by atoms with Gasteiger partial charge in [-0.15, -0.1) is 0 Å². The van der Waals surface area contributed by atoms with Gasteiger partial charge in [0.15, 0.2) is 5.41 Å². The summed E-state index contributed by atoms with van der Waals surface area (Å²) >= 11 is 0. The molecule has 5 nitrogen and oxygen atoms in total. The molecule has 0 heterocycles. The standard InChI is InChI=1S/C13H21F3O5/c1-4-21-11(19)12(10(17)18,7-9(2)3)5-6-20-8-13(14,15)16/h9H,4-8H2,1-3H3,(H,17,18). The van der Waals surface area contributed by atoms with Gasteiger partial charge in [0.2, 0.25) is 0 Å². The Kier molecular flexibility index (Phi) is 7.70. The van der Waals surface area contributed by atoms with Crippen LogP contribution in [0, 0.1) is 11.3 Å². The molecule has 0 aromatic heterocycles. The van der Waals surface area contributed by atoms with Crippen LogP contribution in [0.25, 0.3) is 0 Å². The van der Waals surface area contributed by atoms with Crippen LogP contribution in [0.15, 0.2) is 0 Å². The fourth-order valence-corrected chi connectivity index (χ4v) is 1.97. The summed E-state index contributed by atoms with van der Waals surface area (Å²) in [6.07, 6.45) is -4.89. The molecular weight excluding hydrogens is 293 g/mol. The molecule has 0 aromatic carbocycles. The van der Waals surface area contributed by atoms with E-state index in [-0.39, 0.29) is 25.4 Å². The molecule has 8 heteroatoms. The van der Waals surface area contributed by atoms with Crippen molar-refractivity contribution < 1.29 is 37.3 Å². The Labute approximate surface area is 121 Å². The zero-order chi connectivity index (χ0) is 16.7. The first-order valence-electron chi connectivity index (χ1n) is 6.60. The van der Waals surface area contributed by atoms with Crippen LogP contribution in [0.2, 0.25) is 0 Å². The SMILES string of the molecule is CCOC(=O)C(CCOCC(F)(F)F)(CC(C)C)C(=O)O. The van der Waals surface area contributed by atoms with Gasteiger partial charge in [-0.1, -0.05) is 13.8 Å². The van der Waals surface area contributed by atoms with Crippen LogP contribution in [-0.4, -0.2) is 43.0 Å². The van der Waals surface area contributed by atoms with E-state index in [1.165, 1.54) is 6.92 Å². The first-order chi connectivity index (χ1) is 9.55. The van der Waals surface area contributed by atoms with E-state index in [1.54, 1.807) is 13.8 Å². The number of hydrogen-bond donors (Lipinski definition) is 1. The lowest BCUT2D eigenvalue weighted by Gasteiger charge is -2.28. The van der Waals surface area contributed by atoms with Crippen molar-refractivity contribution in [2.24, 2.45) is 11.3 Å². The number of alkyl halides is 3. The van der Waals surface area contributed by atoms with Crippen LogP contribution in [0.4, 0.5) is 13.2 Å². The molecule has 0 aliphatic rings. The van der Waals surface area contributed by atoms with Gasteiger partial charge in [0.05, 0.1) is 6.61 Å². The van der Waals surface area contributed by atoms with Crippen molar-refractivity contribution in [2.45, 2.75) is 39.8 Å². The number of hydrogen-bond acceptors (Lipinski definition) is 4. The maximum Gasteiger partial charge on any atom is 0.411 e. The molecule has 0 aromatic rings. The van der Waals surface area contributed by atoms with Gasteiger partial charge in [0, 0.05) is 6.61 Å². The normalized spacial score (nSPS) is 14.8. The minimum atomic E-state index is -4.49. The van der Waals surface area contributed by atoms with E-state index >= 15 is 0 Å².